The number of nitrogens with zero attached hydrogens (tertiary/aromatic N) is 3. The molecule has 0 saturated carbocycles. The average molecular weight is 341 g/mol. The van der Waals surface area contributed by atoms with E-state index in [-0.39, 0.29) is 5.41 Å². The molecular formula is C21H31N3O. The molecule has 0 bridgehead atoms. The van der Waals surface area contributed by atoms with Crippen molar-refractivity contribution in [1.29, 1.82) is 0 Å². The molecule has 0 radical (unpaired) electrons. The van der Waals surface area contributed by atoms with Crippen LogP contribution in [0, 0.1) is 6.92 Å². The quantitative estimate of drug-likeness (QED) is 0.732. The Morgan fingerprint density at radius 3 is 2.36 bits per heavy atom. The van der Waals surface area contributed by atoms with Gasteiger partial charge in [-0.15, -0.1) is 0 Å². The van der Waals surface area contributed by atoms with Gasteiger partial charge in [-0.25, -0.2) is 4.68 Å². The van der Waals surface area contributed by atoms with E-state index in [1.165, 1.54) is 25.9 Å². The SMILES string of the molecule is Cc1cc(C(C)(C)C)nn1-c1ccc(OCCCN2CCCC2)cc1. The smallest absolute Gasteiger partial charge is 0.119 e. The largest absolute Gasteiger partial charge is 0.494 e. The van der Waals surface area contributed by atoms with Gasteiger partial charge in [0.25, 0.3) is 0 Å². The van der Waals surface area contributed by atoms with Crippen LogP contribution in [0.5, 0.6) is 5.75 Å². The first-order valence-electron chi connectivity index (χ1n) is 9.46. The van der Waals surface area contributed by atoms with Crippen molar-refractivity contribution in [1.82, 2.24) is 14.7 Å². The number of hydrogen-bond acceptors (Lipinski definition) is 3. The molecule has 3 rings (SSSR count). The Hall–Kier alpha value is -1.81. The van der Waals surface area contributed by atoms with Crippen LogP contribution in [0.1, 0.15) is 51.4 Å². The number of likely N-dealkylation sites (tertiary alicyclic amines) is 1. The summed E-state index contributed by atoms with van der Waals surface area (Å²) in [6.45, 7) is 13.1. The number of rotatable bonds is 6. The van der Waals surface area contributed by atoms with Crippen molar-refractivity contribution in [2.75, 3.05) is 26.2 Å². The van der Waals surface area contributed by atoms with E-state index in [0.717, 1.165) is 42.4 Å². The Morgan fingerprint density at radius 1 is 1.08 bits per heavy atom. The molecule has 1 aromatic heterocycles. The summed E-state index contributed by atoms with van der Waals surface area (Å²) in [6.07, 6.45) is 3.80. The maximum atomic E-state index is 5.89. The third kappa shape index (κ3) is 4.63. The van der Waals surface area contributed by atoms with Gasteiger partial charge in [-0.1, -0.05) is 20.8 Å². The maximum absolute atomic E-state index is 5.89. The molecule has 0 N–H and O–H groups in total. The molecule has 1 saturated heterocycles. The van der Waals surface area contributed by atoms with E-state index < -0.39 is 0 Å². The normalized spacial score (nSPS) is 15.7. The van der Waals surface area contributed by atoms with Gasteiger partial charge in [-0.05, 0) is 69.6 Å². The van der Waals surface area contributed by atoms with Gasteiger partial charge < -0.3 is 9.64 Å². The van der Waals surface area contributed by atoms with Crippen molar-refractivity contribution in [2.45, 2.75) is 52.4 Å². The number of hydrogen-bond donors (Lipinski definition) is 0. The van der Waals surface area contributed by atoms with Crippen molar-refractivity contribution in [3.63, 3.8) is 0 Å². The molecular weight excluding hydrogens is 310 g/mol. The van der Waals surface area contributed by atoms with Crippen LogP contribution in [0.4, 0.5) is 0 Å². The fraction of sp³-hybridized carbons (Fsp3) is 0.571. The van der Waals surface area contributed by atoms with Crippen molar-refractivity contribution in [3.05, 3.63) is 41.7 Å². The molecule has 1 aromatic carbocycles. The lowest BCUT2D eigenvalue weighted by Crippen LogP contribution is -2.21. The number of aryl methyl sites for hydroxylation is 1. The van der Waals surface area contributed by atoms with Gasteiger partial charge in [-0.2, -0.15) is 5.10 Å². The summed E-state index contributed by atoms with van der Waals surface area (Å²) >= 11 is 0. The van der Waals surface area contributed by atoms with E-state index in [1.807, 2.05) is 16.8 Å². The van der Waals surface area contributed by atoms with Crippen LogP contribution in [0.3, 0.4) is 0 Å². The molecule has 1 aliphatic rings. The van der Waals surface area contributed by atoms with E-state index in [0.29, 0.717) is 0 Å². The standard InChI is InChI=1S/C21H31N3O/c1-17-16-20(21(2,3)4)22-24(17)18-8-10-19(11-9-18)25-15-7-14-23-12-5-6-13-23/h8-11,16H,5-7,12-15H2,1-4H3. The van der Waals surface area contributed by atoms with E-state index in [4.69, 9.17) is 9.84 Å². The zero-order valence-electron chi connectivity index (χ0n) is 16.1. The highest BCUT2D eigenvalue weighted by molar-refractivity contribution is 5.38. The first kappa shape index (κ1) is 18.0. The van der Waals surface area contributed by atoms with E-state index in [1.54, 1.807) is 0 Å². The molecule has 0 atom stereocenters. The molecule has 0 aliphatic carbocycles. The van der Waals surface area contributed by atoms with E-state index in [2.05, 4.69) is 50.8 Å². The highest BCUT2D eigenvalue weighted by Gasteiger charge is 2.19. The second kappa shape index (κ2) is 7.61. The third-order valence-electron chi connectivity index (χ3n) is 4.82. The maximum Gasteiger partial charge on any atom is 0.119 e. The Balaban J connectivity index is 1.56. The van der Waals surface area contributed by atoms with Crippen molar-refractivity contribution < 1.29 is 4.74 Å². The molecule has 1 aliphatic heterocycles. The molecule has 2 heterocycles. The van der Waals surface area contributed by atoms with Crippen LogP contribution < -0.4 is 4.74 Å². The monoisotopic (exact) mass is 341 g/mol. The molecule has 0 unspecified atom stereocenters. The zero-order chi connectivity index (χ0) is 17.9. The van der Waals surface area contributed by atoms with Crippen LogP contribution >= 0.6 is 0 Å². The molecule has 1 fully saturated rings. The Kier molecular flexibility index (Phi) is 5.48. The summed E-state index contributed by atoms with van der Waals surface area (Å²) in [4.78, 5) is 2.53. The third-order valence-corrected chi connectivity index (χ3v) is 4.82. The summed E-state index contributed by atoms with van der Waals surface area (Å²) < 4.78 is 7.90. The molecule has 4 nitrogen and oxygen atoms in total. The molecule has 136 valence electrons. The molecule has 4 heteroatoms. The number of ether oxygens (including phenoxy) is 1. The van der Waals surface area contributed by atoms with Crippen LogP contribution in [0.15, 0.2) is 30.3 Å². The lowest BCUT2D eigenvalue weighted by Gasteiger charge is -2.15. The van der Waals surface area contributed by atoms with E-state index >= 15 is 0 Å². The number of benzene rings is 1. The van der Waals surface area contributed by atoms with Crippen molar-refractivity contribution in [3.8, 4) is 11.4 Å². The fourth-order valence-electron chi connectivity index (χ4n) is 3.27. The van der Waals surface area contributed by atoms with Gasteiger partial charge in [0.15, 0.2) is 0 Å². The molecule has 2 aromatic rings. The second-order valence-electron chi connectivity index (χ2n) is 8.08. The van der Waals surface area contributed by atoms with Gasteiger partial charge >= 0.3 is 0 Å². The summed E-state index contributed by atoms with van der Waals surface area (Å²) in [5.41, 5.74) is 3.42. The Labute approximate surface area is 151 Å². The lowest BCUT2D eigenvalue weighted by atomic mass is 9.92. The highest BCUT2D eigenvalue weighted by Crippen LogP contribution is 2.24. The summed E-state index contributed by atoms with van der Waals surface area (Å²) in [5.74, 6) is 0.936. The minimum Gasteiger partial charge on any atom is -0.494 e. The summed E-state index contributed by atoms with van der Waals surface area (Å²) in [6, 6.07) is 10.4. The number of aromatic nitrogens is 2. The highest BCUT2D eigenvalue weighted by atomic mass is 16.5. The summed E-state index contributed by atoms with van der Waals surface area (Å²) in [7, 11) is 0. The predicted octanol–water partition coefficient (Wildman–Crippen LogP) is 4.34. The van der Waals surface area contributed by atoms with Crippen molar-refractivity contribution in [2.24, 2.45) is 0 Å². The minimum absolute atomic E-state index is 0.0639. The second-order valence-corrected chi connectivity index (χ2v) is 8.08. The van der Waals surface area contributed by atoms with Crippen LogP contribution in [-0.4, -0.2) is 40.9 Å². The van der Waals surface area contributed by atoms with E-state index in [9.17, 15) is 0 Å². The predicted molar refractivity (Wildman–Crippen MR) is 103 cm³/mol. The Bertz CT molecular complexity index is 676. The molecule has 0 amide bonds. The van der Waals surface area contributed by atoms with Crippen LogP contribution in [-0.2, 0) is 5.41 Å². The average Bonchev–Trinajstić information content (AvgIpc) is 3.21. The van der Waals surface area contributed by atoms with Crippen LogP contribution in [0.2, 0.25) is 0 Å². The van der Waals surface area contributed by atoms with Gasteiger partial charge in [0.05, 0.1) is 18.0 Å². The first-order chi connectivity index (χ1) is 11.9. The molecule has 25 heavy (non-hydrogen) atoms. The molecule has 0 spiro atoms. The first-order valence-corrected chi connectivity index (χ1v) is 9.46. The topological polar surface area (TPSA) is 30.3 Å². The zero-order valence-corrected chi connectivity index (χ0v) is 16.1. The van der Waals surface area contributed by atoms with Crippen LogP contribution in [0.25, 0.3) is 5.69 Å². The van der Waals surface area contributed by atoms with Gasteiger partial charge in [0.2, 0.25) is 0 Å². The summed E-state index contributed by atoms with van der Waals surface area (Å²) in [5, 5.41) is 4.77. The van der Waals surface area contributed by atoms with Gasteiger partial charge in [0.1, 0.15) is 5.75 Å². The fourth-order valence-corrected chi connectivity index (χ4v) is 3.27. The lowest BCUT2D eigenvalue weighted by molar-refractivity contribution is 0.263. The van der Waals surface area contributed by atoms with Crippen molar-refractivity contribution >= 4 is 0 Å². The van der Waals surface area contributed by atoms with Gasteiger partial charge in [-0.3, -0.25) is 0 Å². The Morgan fingerprint density at radius 2 is 1.76 bits per heavy atom. The minimum atomic E-state index is 0.0639. The van der Waals surface area contributed by atoms with Gasteiger partial charge in [0, 0.05) is 17.7 Å².